The van der Waals surface area contributed by atoms with Gasteiger partial charge in [0.15, 0.2) is 11.5 Å². The number of rotatable bonds is 6. The first-order chi connectivity index (χ1) is 12.0. The molecule has 2 heterocycles. The number of ether oxygens (including phenoxy) is 2. The van der Waals surface area contributed by atoms with Gasteiger partial charge in [0.2, 0.25) is 11.1 Å². The Kier molecular flexibility index (Phi) is 5.42. The summed E-state index contributed by atoms with van der Waals surface area (Å²) in [6.07, 6.45) is 0. The van der Waals surface area contributed by atoms with Gasteiger partial charge in [-0.2, -0.15) is 0 Å². The van der Waals surface area contributed by atoms with Gasteiger partial charge in [0.1, 0.15) is 13.2 Å². The second-order valence-corrected chi connectivity index (χ2v) is 6.92. The number of fused-ring (bicyclic) bond motifs is 1. The summed E-state index contributed by atoms with van der Waals surface area (Å²) < 4.78 is 12.8. The van der Waals surface area contributed by atoms with Crippen LogP contribution >= 0.6 is 11.8 Å². The van der Waals surface area contributed by atoms with Crippen molar-refractivity contribution in [2.75, 3.05) is 19.0 Å². The summed E-state index contributed by atoms with van der Waals surface area (Å²) in [4.78, 5) is 12.2. The Labute approximate surface area is 150 Å². The Hall–Kier alpha value is -2.29. The SMILES string of the molecule is CC(NC(=O)CSc1nnnn1C(C)C)c1ccc2c(c1)OCCO2. The van der Waals surface area contributed by atoms with Crippen molar-refractivity contribution in [2.24, 2.45) is 0 Å². The number of hydrogen-bond donors (Lipinski definition) is 1. The fraction of sp³-hybridized carbons (Fsp3) is 0.500. The molecule has 1 N–H and O–H groups in total. The normalized spacial score (nSPS) is 14.4. The third kappa shape index (κ3) is 4.22. The lowest BCUT2D eigenvalue weighted by molar-refractivity contribution is -0.119. The van der Waals surface area contributed by atoms with E-state index < -0.39 is 0 Å². The van der Waals surface area contributed by atoms with Crippen LogP contribution in [-0.4, -0.2) is 45.1 Å². The number of tetrazole rings is 1. The van der Waals surface area contributed by atoms with Crippen molar-refractivity contribution in [2.45, 2.75) is 38.0 Å². The zero-order valence-corrected chi connectivity index (χ0v) is 15.2. The second-order valence-electron chi connectivity index (χ2n) is 5.98. The minimum Gasteiger partial charge on any atom is -0.486 e. The van der Waals surface area contributed by atoms with Gasteiger partial charge in [-0.15, -0.1) is 5.10 Å². The molecular weight excluding hydrogens is 342 g/mol. The smallest absolute Gasteiger partial charge is 0.230 e. The predicted molar refractivity (Wildman–Crippen MR) is 92.9 cm³/mol. The van der Waals surface area contributed by atoms with Gasteiger partial charge >= 0.3 is 0 Å². The van der Waals surface area contributed by atoms with Gasteiger partial charge in [-0.25, -0.2) is 4.68 Å². The molecular formula is C16H21N5O3S. The number of thioether (sulfide) groups is 1. The van der Waals surface area contributed by atoms with Crippen molar-refractivity contribution in [3.05, 3.63) is 23.8 Å². The van der Waals surface area contributed by atoms with E-state index in [9.17, 15) is 4.79 Å². The molecule has 9 heteroatoms. The lowest BCUT2D eigenvalue weighted by Gasteiger charge is -2.21. The fourth-order valence-corrected chi connectivity index (χ4v) is 3.25. The van der Waals surface area contributed by atoms with Crippen molar-refractivity contribution in [1.29, 1.82) is 0 Å². The maximum Gasteiger partial charge on any atom is 0.230 e. The third-order valence-electron chi connectivity index (χ3n) is 3.73. The van der Waals surface area contributed by atoms with Gasteiger partial charge in [-0.1, -0.05) is 17.8 Å². The average molecular weight is 363 g/mol. The zero-order valence-electron chi connectivity index (χ0n) is 14.4. The molecule has 2 aromatic rings. The topological polar surface area (TPSA) is 91.2 Å². The number of aromatic nitrogens is 4. The summed E-state index contributed by atoms with van der Waals surface area (Å²) in [6.45, 7) is 7.02. The highest BCUT2D eigenvalue weighted by atomic mass is 32.2. The quantitative estimate of drug-likeness (QED) is 0.785. The number of benzene rings is 1. The molecule has 1 aliphatic heterocycles. The van der Waals surface area contributed by atoms with E-state index >= 15 is 0 Å². The summed E-state index contributed by atoms with van der Waals surface area (Å²) in [7, 11) is 0. The zero-order chi connectivity index (χ0) is 17.8. The Morgan fingerprint density at radius 2 is 2.04 bits per heavy atom. The van der Waals surface area contributed by atoms with Gasteiger partial charge in [0.25, 0.3) is 0 Å². The van der Waals surface area contributed by atoms with E-state index in [0.717, 1.165) is 17.1 Å². The predicted octanol–water partition coefficient (Wildman–Crippen LogP) is 1.99. The number of carbonyl (C=O) groups is 1. The van der Waals surface area contributed by atoms with Gasteiger partial charge in [-0.05, 0) is 48.9 Å². The minimum absolute atomic E-state index is 0.0781. The molecule has 134 valence electrons. The first kappa shape index (κ1) is 17.5. The number of hydrogen-bond acceptors (Lipinski definition) is 7. The monoisotopic (exact) mass is 363 g/mol. The van der Waals surface area contributed by atoms with E-state index in [0.29, 0.717) is 18.4 Å². The summed E-state index contributed by atoms with van der Waals surface area (Å²) in [5, 5.41) is 15.1. The number of amides is 1. The highest BCUT2D eigenvalue weighted by Gasteiger charge is 2.17. The molecule has 0 aliphatic carbocycles. The van der Waals surface area contributed by atoms with Crippen LogP contribution in [0.5, 0.6) is 11.5 Å². The van der Waals surface area contributed by atoms with Crippen LogP contribution in [0.3, 0.4) is 0 Å². The Morgan fingerprint density at radius 3 is 2.80 bits per heavy atom. The van der Waals surface area contributed by atoms with E-state index in [4.69, 9.17) is 9.47 Å². The summed E-state index contributed by atoms with van der Waals surface area (Å²) in [6, 6.07) is 5.73. The Balaban J connectivity index is 1.56. The van der Waals surface area contributed by atoms with Crippen LogP contribution in [0.25, 0.3) is 0 Å². The van der Waals surface area contributed by atoms with Crippen LogP contribution in [0.4, 0.5) is 0 Å². The van der Waals surface area contributed by atoms with E-state index in [1.165, 1.54) is 11.8 Å². The molecule has 8 nitrogen and oxygen atoms in total. The lowest BCUT2D eigenvalue weighted by Crippen LogP contribution is -2.28. The average Bonchev–Trinajstić information content (AvgIpc) is 3.08. The van der Waals surface area contributed by atoms with Crippen LogP contribution in [0.1, 0.15) is 38.4 Å². The lowest BCUT2D eigenvalue weighted by atomic mass is 10.1. The largest absolute Gasteiger partial charge is 0.486 e. The number of nitrogens with zero attached hydrogens (tertiary/aromatic N) is 4. The molecule has 0 saturated heterocycles. The fourth-order valence-electron chi connectivity index (χ4n) is 2.43. The van der Waals surface area contributed by atoms with Crippen molar-refractivity contribution in [3.63, 3.8) is 0 Å². The summed E-state index contributed by atoms with van der Waals surface area (Å²) in [5.41, 5.74) is 0.967. The molecule has 3 rings (SSSR count). The molecule has 0 bridgehead atoms. The minimum atomic E-state index is -0.134. The van der Waals surface area contributed by atoms with Crippen molar-refractivity contribution in [1.82, 2.24) is 25.5 Å². The van der Waals surface area contributed by atoms with E-state index in [1.807, 2.05) is 39.0 Å². The standard InChI is InChI=1S/C16H21N5O3S/c1-10(2)21-16(18-19-20-21)25-9-15(22)17-11(3)12-4-5-13-14(8-12)24-7-6-23-13/h4-5,8,10-11H,6-7,9H2,1-3H3,(H,17,22). The van der Waals surface area contributed by atoms with E-state index in [2.05, 4.69) is 20.8 Å². The maximum absolute atomic E-state index is 12.2. The second kappa shape index (κ2) is 7.73. The molecule has 1 aromatic heterocycles. The van der Waals surface area contributed by atoms with Gasteiger partial charge in [0, 0.05) is 0 Å². The van der Waals surface area contributed by atoms with Gasteiger partial charge < -0.3 is 14.8 Å². The van der Waals surface area contributed by atoms with Crippen LogP contribution < -0.4 is 14.8 Å². The van der Waals surface area contributed by atoms with Crippen molar-refractivity contribution < 1.29 is 14.3 Å². The van der Waals surface area contributed by atoms with Crippen molar-refractivity contribution >= 4 is 17.7 Å². The maximum atomic E-state index is 12.2. The van der Waals surface area contributed by atoms with Gasteiger partial charge in [0.05, 0.1) is 17.8 Å². The molecule has 0 spiro atoms. The number of nitrogens with one attached hydrogen (secondary N) is 1. The third-order valence-corrected chi connectivity index (χ3v) is 4.66. The van der Waals surface area contributed by atoms with Gasteiger partial charge in [-0.3, -0.25) is 4.79 Å². The first-order valence-corrected chi connectivity index (χ1v) is 9.12. The molecule has 1 amide bonds. The molecule has 0 fully saturated rings. The van der Waals surface area contributed by atoms with Crippen molar-refractivity contribution in [3.8, 4) is 11.5 Å². The molecule has 1 unspecified atom stereocenters. The van der Waals surface area contributed by atoms with Crippen LogP contribution in [0.2, 0.25) is 0 Å². The molecule has 0 saturated carbocycles. The summed E-state index contributed by atoms with van der Waals surface area (Å²) in [5.74, 6) is 1.63. The van der Waals surface area contributed by atoms with E-state index in [1.54, 1.807) is 4.68 Å². The number of carbonyl (C=O) groups excluding carboxylic acids is 1. The van der Waals surface area contributed by atoms with Crippen LogP contribution in [0, 0.1) is 0 Å². The Morgan fingerprint density at radius 1 is 1.28 bits per heavy atom. The van der Waals surface area contributed by atoms with E-state index in [-0.39, 0.29) is 23.7 Å². The molecule has 25 heavy (non-hydrogen) atoms. The van der Waals surface area contributed by atoms with Crippen LogP contribution in [0.15, 0.2) is 23.4 Å². The molecule has 0 radical (unpaired) electrons. The molecule has 1 aliphatic rings. The Bertz CT molecular complexity index is 749. The van der Waals surface area contributed by atoms with Crippen LogP contribution in [-0.2, 0) is 4.79 Å². The highest BCUT2D eigenvalue weighted by Crippen LogP contribution is 2.32. The molecule has 1 atom stereocenters. The first-order valence-electron chi connectivity index (χ1n) is 8.14. The highest BCUT2D eigenvalue weighted by molar-refractivity contribution is 7.99. The summed E-state index contributed by atoms with van der Waals surface area (Å²) >= 11 is 1.32. The molecule has 1 aromatic carbocycles.